The Kier molecular flexibility index (Phi) is 48.3. The van der Waals surface area contributed by atoms with E-state index in [1.54, 1.807) is 0 Å². The Morgan fingerprint density at radius 3 is 1.24 bits per heavy atom. The Hall–Kier alpha value is -1.59. The van der Waals surface area contributed by atoms with E-state index in [1.165, 1.54) is 212 Å². The second-order valence-electron chi connectivity index (χ2n) is 21.1. The standard InChI is InChI=1S/C61H115NO8/c1-3-5-7-9-11-13-15-17-19-21-23-24-25-26-27-28-29-30-31-32-33-35-37-39-41-43-45-47-49-51-57(65)62-54(53-69-61-60(68)59(67)58(66)56(52-63)70-61)55(64)50-48-46-44-42-40-38-36-34-22-20-18-16-14-12-10-8-6-4-2/h15,17,21,23,25-26,54-56,58-61,63-64,66-68H,3-14,16,18-20,22,24,27-53H2,1-2H3,(H,62,65)/b17-15-,23-21-,26-25-. The van der Waals surface area contributed by atoms with Crippen molar-refractivity contribution in [3.05, 3.63) is 36.5 Å². The van der Waals surface area contributed by atoms with Crippen molar-refractivity contribution in [3.63, 3.8) is 0 Å². The van der Waals surface area contributed by atoms with Gasteiger partial charge in [-0.3, -0.25) is 4.79 Å². The minimum absolute atomic E-state index is 0.136. The van der Waals surface area contributed by atoms with Crippen LogP contribution in [0, 0.1) is 0 Å². The molecule has 70 heavy (non-hydrogen) atoms. The van der Waals surface area contributed by atoms with Crippen molar-refractivity contribution in [2.24, 2.45) is 0 Å². The number of allylic oxidation sites excluding steroid dienone is 6. The number of carbonyl (C=O) groups excluding carboxylic acids is 1. The van der Waals surface area contributed by atoms with E-state index in [-0.39, 0.29) is 12.5 Å². The van der Waals surface area contributed by atoms with E-state index < -0.39 is 49.5 Å². The molecule has 1 aliphatic rings. The molecule has 1 rings (SSSR count). The third-order valence-electron chi connectivity index (χ3n) is 14.5. The van der Waals surface area contributed by atoms with Crippen molar-refractivity contribution in [2.75, 3.05) is 13.2 Å². The van der Waals surface area contributed by atoms with Crippen molar-refractivity contribution in [3.8, 4) is 0 Å². The number of hydrogen-bond acceptors (Lipinski definition) is 8. The second kappa shape index (κ2) is 50.9. The monoisotopic (exact) mass is 990 g/mol. The van der Waals surface area contributed by atoms with Crippen LogP contribution < -0.4 is 5.32 Å². The minimum Gasteiger partial charge on any atom is -0.394 e. The Morgan fingerprint density at radius 2 is 0.843 bits per heavy atom. The molecule has 9 heteroatoms. The molecule has 7 atom stereocenters. The summed E-state index contributed by atoms with van der Waals surface area (Å²) in [5, 5.41) is 54.7. The molecule has 1 saturated heterocycles. The lowest BCUT2D eigenvalue weighted by Crippen LogP contribution is -2.60. The molecule has 7 unspecified atom stereocenters. The number of nitrogens with one attached hydrogen (secondary N) is 1. The van der Waals surface area contributed by atoms with Crippen molar-refractivity contribution in [1.82, 2.24) is 5.32 Å². The van der Waals surface area contributed by atoms with Crippen molar-refractivity contribution in [2.45, 2.75) is 333 Å². The molecule has 0 bridgehead atoms. The van der Waals surface area contributed by atoms with Gasteiger partial charge in [-0.1, -0.05) is 269 Å². The van der Waals surface area contributed by atoms with Gasteiger partial charge in [-0.25, -0.2) is 0 Å². The van der Waals surface area contributed by atoms with E-state index >= 15 is 0 Å². The number of hydrogen-bond donors (Lipinski definition) is 6. The van der Waals surface area contributed by atoms with Crippen LogP contribution in [0.1, 0.15) is 290 Å². The first-order valence-corrected chi connectivity index (χ1v) is 30.2. The SMILES string of the molecule is CCCCCCC/C=C\C/C=C\C/C=C\CCCCCCCCCCCCCCCCC(=O)NC(COC1OC(CO)C(O)C(O)C1O)C(O)CCCCCCCCCCCCCCCCCCCC. The quantitative estimate of drug-likeness (QED) is 0.0261. The molecule has 9 nitrogen and oxygen atoms in total. The highest BCUT2D eigenvalue weighted by molar-refractivity contribution is 5.76. The van der Waals surface area contributed by atoms with Gasteiger partial charge in [-0.2, -0.15) is 0 Å². The average molecular weight is 991 g/mol. The smallest absolute Gasteiger partial charge is 0.220 e. The lowest BCUT2D eigenvalue weighted by Gasteiger charge is -2.40. The molecule has 6 N–H and O–H groups in total. The van der Waals surface area contributed by atoms with Gasteiger partial charge in [0.25, 0.3) is 0 Å². The molecule has 412 valence electrons. The fraction of sp³-hybridized carbons (Fsp3) is 0.885. The summed E-state index contributed by atoms with van der Waals surface area (Å²) in [5.74, 6) is -0.142. The van der Waals surface area contributed by atoms with Gasteiger partial charge >= 0.3 is 0 Å². The number of amides is 1. The van der Waals surface area contributed by atoms with Gasteiger partial charge < -0.3 is 40.3 Å². The first-order valence-electron chi connectivity index (χ1n) is 30.2. The molecule has 1 aliphatic heterocycles. The van der Waals surface area contributed by atoms with Gasteiger partial charge in [-0.05, 0) is 51.4 Å². The first-order chi connectivity index (χ1) is 34.3. The third kappa shape index (κ3) is 39.9. The lowest BCUT2D eigenvalue weighted by atomic mass is 9.99. The van der Waals surface area contributed by atoms with Gasteiger partial charge in [0, 0.05) is 6.42 Å². The predicted octanol–water partition coefficient (Wildman–Crippen LogP) is 15.1. The Balaban J connectivity index is 2.16. The highest BCUT2D eigenvalue weighted by Gasteiger charge is 2.44. The molecule has 0 radical (unpaired) electrons. The number of rotatable bonds is 52. The molecule has 0 aromatic carbocycles. The molecule has 1 heterocycles. The zero-order valence-electron chi connectivity index (χ0n) is 45.8. The summed E-state index contributed by atoms with van der Waals surface area (Å²) in [6, 6.07) is -0.719. The number of carbonyl (C=O) groups is 1. The first kappa shape index (κ1) is 66.4. The summed E-state index contributed by atoms with van der Waals surface area (Å²) in [5.41, 5.74) is 0. The predicted molar refractivity (Wildman–Crippen MR) is 295 cm³/mol. The van der Waals surface area contributed by atoms with Gasteiger partial charge in [0.2, 0.25) is 5.91 Å². The minimum atomic E-state index is -1.55. The van der Waals surface area contributed by atoms with Crippen LogP contribution in [0.4, 0.5) is 0 Å². The molecule has 1 amide bonds. The molecule has 0 aromatic rings. The van der Waals surface area contributed by atoms with Gasteiger partial charge in [0.1, 0.15) is 24.4 Å². The fourth-order valence-corrected chi connectivity index (χ4v) is 9.70. The van der Waals surface area contributed by atoms with E-state index in [1.807, 2.05) is 0 Å². The Bertz CT molecular complexity index is 1190. The van der Waals surface area contributed by atoms with E-state index in [2.05, 4.69) is 55.6 Å². The van der Waals surface area contributed by atoms with Crippen LogP contribution in [0.5, 0.6) is 0 Å². The maximum absolute atomic E-state index is 13.1. The second-order valence-corrected chi connectivity index (χ2v) is 21.1. The van der Waals surface area contributed by atoms with Crippen LogP contribution in [-0.4, -0.2) is 87.5 Å². The van der Waals surface area contributed by atoms with Crippen molar-refractivity contribution < 1.29 is 39.8 Å². The summed E-state index contributed by atoms with van der Waals surface area (Å²) in [7, 11) is 0. The third-order valence-corrected chi connectivity index (χ3v) is 14.5. The molecule has 0 aromatic heterocycles. The van der Waals surface area contributed by atoms with Crippen LogP contribution in [0.3, 0.4) is 0 Å². The summed E-state index contributed by atoms with van der Waals surface area (Å²) in [6.45, 7) is 3.86. The molecule has 0 aliphatic carbocycles. The fourth-order valence-electron chi connectivity index (χ4n) is 9.70. The van der Waals surface area contributed by atoms with Gasteiger partial charge in [0.15, 0.2) is 6.29 Å². The Labute approximate surface area is 431 Å². The van der Waals surface area contributed by atoms with Crippen LogP contribution in [0.2, 0.25) is 0 Å². The number of unbranched alkanes of at least 4 members (excludes halogenated alkanes) is 36. The lowest BCUT2D eigenvalue weighted by molar-refractivity contribution is -0.302. The van der Waals surface area contributed by atoms with Crippen LogP contribution in [0.25, 0.3) is 0 Å². The summed E-state index contributed by atoms with van der Waals surface area (Å²) >= 11 is 0. The number of ether oxygens (including phenoxy) is 2. The zero-order chi connectivity index (χ0) is 50.8. The Morgan fingerprint density at radius 1 is 0.486 bits per heavy atom. The average Bonchev–Trinajstić information content (AvgIpc) is 3.36. The molecule has 0 spiro atoms. The van der Waals surface area contributed by atoms with E-state index in [0.29, 0.717) is 12.8 Å². The van der Waals surface area contributed by atoms with Crippen molar-refractivity contribution in [1.29, 1.82) is 0 Å². The van der Waals surface area contributed by atoms with E-state index in [9.17, 15) is 30.3 Å². The van der Waals surface area contributed by atoms with E-state index in [0.717, 1.165) is 51.4 Å². The highest BCUT2D eigenvalue weighted by atomic mass is 16.7. The maximum atomic E-state index is 13.1. The van der Waals surface area contributed by atoms with Gasteiger partial charge in [-0.15, -0.1) is 0 Å². The molecule has 0 saturated carbocycles. The van der Waals surface area contributed by atoms with Crippen LogP contribution in [-0.2, 0) is 14.3 Å². The topological polar surface area (TPSA) is 149 Å². The van der Waals surface area contributed by atoms with Gasteiger partial charge in [0.05, 0.1) is 25.4 Å². The number of aliphatic hydroxyl groups excluding tert-OH is 5. The maximum Gasteiger partial charge on any atom is 0.220 e. The summed E-state index contributed by atoms with van der Waals surface area (Å²) in [6.07, 6.45) is 58.9. The zero-order valence-corrected chi connectivity index (χ0v) is 45.8. The molecular weight excluding hydrogens is 875 g/mol. The summed E-state index contributed by atoms with van der Waals surface area (Å²) < 4.78 is 11.3. The van der Waals surface area contributed by atoms with Crippen molar-refractivity contribution >= 4 is 5.91 Å². The number of aliphatic hydroxyl groups is 5. The van der Waals surface area contributed by atoms with Crippen LogP contribution in [0.15, 0.2) is 36.5 Å². The largest absolute Gasteiger partial charge is 0.394 e. The van der Waals surface area contributed by atoms with E-state index in [4.69, 9.17) is 9.47 Å². The normalized spacial score (nSPS) is 19.6. The van der Waals surface area contributed by atoms with Crippen LogP contribution >= 0.6 is 0 Å². The molecule has 1 fully saturated rings. The highest BCUT2D eigenvalue weighted by Crippen LogP contribution is 2.23. The summed E-state index contributed by atoms with van der Waals surface area (Å²) in [4.78, 5) is 13.1. The molecular formula is C61H115NO8.